The van der Waals surface area contributed by atoms with Gasteiger partial charge >= 0.3 is 5.97 Å². The van der Waals surface area contributed by atoms with Crippen molar-refractivity contribution in [1.82, 2.24) is 0 Å². The normalized spacial score (nSPS) is 15.7. The summed E-state index contributed by atoms with van der Waals surface area (Å²) < 4.78 is 6.11. The van der Waals surface area contributed by atoms with Gasteiger partial charge in [-0.05, 0) is 48.1 Å². The van der Waals surface area contributed by atoms with Crippen LogP contribution in [0.4, 0.5) is 5.69 Å². The molecule has 0 saturated carbocycles. The largest absolute Gasteiger partial charge is 0.512 e. The molecule has 0 aliphatic carbocycles. The van der Waals surface area contributed by atoms with Crippen molar-refractivity contribution in [3.8, 4) is 0 Å². The van der Waals surface area contributed by atoms with Gasteiger partial charge in [-0.2, -0.15) is 0 Å². The maximum absolute atomic E-state index is 13.4. The number of benzene rings is 3. The zero-order valence-electron chi connectivity index (χ0n) is 23.0. The van der Waals surface area contributed by atoms with Crippen LogP contribution < -0.4 is 4.90 Å². The summed E-state index contributed by atoms with van der Waals surface area (Å²) in [6.45, 7) is 7.79. The Morgan fingerprint density at radius 2 is 1.42 bits per heavy atom. The molecule has 1 unspecified atom stereocenters. The second-order valence-electron chi connectivity index (χ2n) is 10.5. The first kappa shape index (κ1) is 27.5. The smallest absolute Gasteiger partial charge is 0.338 e. The van der Waals surface area contributed by atoms with Crippen LogP contribution in [0.5, 0.6) is 0 Å². The number of carbonyl (C=O) groups is 1. The van der Waals surface area contributed by atoms with Crippen molar-refractivity contribution < 1.29 is 14.6 Å². The van der Waals surface area contributed by atoms with Crippen LogP contribution in [-0.4, -0.2) is 16.7 Å². The lowest BCUT2D eigenvalue weighted by atomic mass is 9.80. The molecule has 1 N–H and O–H groups in total. The van der Waals surface area contributed by atoms with E-state index in [1.54, 1.807) is 0 Å². The lowest BCUT2D eigenvalue weighted by Crippen LogP contribution is -2.41. The maximum Gasteiger partial charge on any atom is 0.338 e. The standard InChI is InChI=1S/C34H41NO3/c1-4-20-34(21-5-2)23-31(36)32(33(37)38-34)30(6-3)28-18-13-19-29(22-28)35(24-26-14-9-7-10-15-26)25-27-16-11-8-12-17-27/h7-19,22,30,36H,4-6,20-21,23-25H2,1-3H3. The van der Waals surface area contributed by atoms with E-state index in [2.05, 4.69) is 98.5 Å². The van der Waals surface area contributed by atoms with E-state index in [1.807, 2.05) is 12.1 Å². The summed E-state index contributed by atoms with van der Waals surface area (Å²) >= 11 is 0. The number of nitrogens with zero attached hydrogens (tertiary/aromatic N) is 1. The molecule has 0 spiro atoms. The summed E-state index contributed by atoms with van der Waals surface area (Å²) in [5.41, 5.74) is 4.42. The van der Waals surface area contributed by atoms with Crippen molar-refractivity contribution in [3.63, 3.8) is 0 Å². The molecule has 0 saturated heterocycles. The topological polar surface area (TPSA) is 49.8 Å². The minimum absolute atomic E-state index is 0.200. The third kappa shape index (κ3) is 6.48. The van der Waals surface area contributed by atoms with Gasteiger partial charge < -0.3 is 14.7 Å². The molecule has 4 nitrogen and oxygen atoms in total. The van der Waals surface area contributed by atoms with Crippen molar-refractivity contribution in [2.75, 3.05) is 4.90 Å². The highest BCUT2D eigenvalue weighted by atomic mass is 16.6. The molecule has 3 aromatic rings. The molecule has 1 heterocycles. The van der Waals surface area contributed by atoms with E-state index in [-0.39, 0.29) is 17.6 Å². The number of rotatable bonds is 12. The van der Waals surface area contributed by atoms with Gasteiger partial charge in [-0.25, -0.2) is 4.79 Å². The Balaban J connectivity index is 1.67. The average molecular weight is 512 g/mol. The van der Waals surface area contributed by atoms with Crippen LogP contribution in [0.25, 0.3) is 0 Å². The Labute approximate surface area is 228 Å². The van der Waals surface area contributed by atoms with Crippen molar-refractivity contribution in [3.05, 3.63) is 113 Å². The second-order valence-corrected chi connectivity index (χ2v) is 10.5. The quantitative estimate of drug-likeness (QED) is 0.248. The predicted octanol–water partition coefficient (Wildman–Crippen LogP) is 8.49. The SMILES string of the molecule is CCCC1(CCC)CC(O)=C(C(CC)c2cccc(N(Cc3ccccc3)Cc3ccccc3)c2)C(=O)O1. The van der Waals surface area contributed by atoms with Gasteiger partial charge in [0.15, 0.2) is 0 Å². The Bertz CT molecular complexity index is 1170. The lowest BCUT2D eigenvalue weighted by Gasteiger charge is -2.38. The molecule has 3 aromatic carbocycles. The summed E-state index contributed by atoms with van der Waals surface area (Å²) in [4.78, 5) is 15.8. The van der Waals surface area contributed by atoms with Crippen LogP contribution in [-0.2, 0) is 22.6 Å². The van der Waals surface area contributed by atoms with Crippen molar-refractivity contribution >= 4 is 11.7 Å². The summed E-state index contributed by atoms with van der Waals surface area (Å²) in [6, 6.07) is 29.4. The molecule has 1 aliphatic rings. The van der Waals surface area contributed by atoms with Crippen molar-refractivity contribution in [1.29, 1.82) is 0 Å². The molecule has 0 radical (unpaired) electrons. The molecule has 0 amide bonds. The first-order valence-electron chi connectivity index (χ1n) is 14.1. The molecule has 0 fully saturated rings. The van der Waals surface area contributed by atoms with E-state index in [0.717, 1.165) is 50.0 Å². The Hall–Kier alpha value is -3.53. The monoisotopic (exact) mass is 511 g/mol. The zero-order valence-corrected chi connectivity index (χ0v) is 23.0. The molecule has 4 heteroatoms. The highest BCUT2D eigenvalue weighted by Gasteiger charge is 2.42. The molecule has 200 valence electrons. The van der Waals surface area contributed by atoms with Gasteiger partial charge in [0.05, 0.1) is 5.57 Å². The van der Waals surface area contributed by atoms with E-state index >= 15 is 0 Å². The highest BCUT2D eigenvalue weighted by Crippen LogP contribution is 2.42. The third-order valence-electron chi connectivity index (χ3n) is 7.57. The van der Waals surface area contributed by atoms with Gasteiger partial charge in [0, 0.05) is 31.1 Å². The Morgan fingerprint density at radius 1 is 0.842 bits per heavy atom. The van der Waals surface area contributed by atoms with E-state index in [4.69, 9.17) is 4.74 Å². The third-order valence-corrected chi connectivity index (χ3v) is 7.57. The van der Waals surface area contributed by atoms with E-state index < -0.39 is 5.60 Å². The molecular formula is C34H41NO3. The molecule has 1 atom stereocenters. The number of anilines is 1. The van der Waals surface area contributed by atoms with Crippen LogP contribution in [0.2, 0.25) is 0 Å². The average Bonchev–Trinajstić information content (AvgIpc) is 2.92. The number of aliphatic hydroxyl groups excluding tert-OH is 1. The first-order valence-corrected chi connectivity index (χ1v) is 14.1. The molecule has 0 bridgehead atoms. The number of cyclic esters (lactones) is 1. The fourth-order valence-corrected chi connectivity index (χ4v) is 5.86. The predicted molar refractivity (Wildman–Crippen MR) is 155 cm³/mol. The fraction of sp³-hybridized carbons (Fsp3) is 0.382. The zero-order chi connectivity index (χ0) is 27.0. The lowest BCUT2D eigenvalue weighted by molar-refractivity contribution is -0.161. The van der Waals surface area contributed by atoms with Gasteiger partial charge in [0.25, 0.3) is 0 Å². The van der Waals surface area contributed by atoms with E-state index in [0.29, 0.717) is 18.4 Å². The number of ether oxygens (including phenoxy) is 1. The Kier molecular flexibility index (Phi) is 9.28. The summed E-state index contributed by atoms with van der Waals surface area (Å²) in [5.74, 6) is -0.386. The summed E-state index contributed by atoms with van der Waals surface area (Å²) in [6.07, 6.45) is 4.46. The minimum atomic E-state index is -0.587. The van der Waals surface area contributed by atoms with Crippen LogP contribution in [0.3, 0.4) is 0 Å². The molecule has 4 rings (SSSR count). The van der Waals surface area contributed by atoms with Crippen molar-refractivity contribution in [2.24, 2.45) is 0 Å². The maximum atomic E-state index is 13.4. The Morgan fingerprint density at radius 3 is 1.92 bits per heavy atom. The molecule has 1 aliphatic heterocycles. The van der Waals surface area contributed by atoms with Gasteiger partial charge in [0.2, 0.25) is 0 Å². The fourth-order valence-electron chi connectivity index (χ4n) is 5.86. The molecule has 38 heavy (non-hydrogen) atoms. The van der Waals surface area contributed by atoms with Crippen LogP contribution in [0.15, 0.2) is 96.3 Å². The van der Waals surface area contributed by atoms with Crippen LogP contribution in [0.1, 0.15) is 81.9 Å². The number of hydrogen-bond donors (Lipinski definition) is 1. The van der Waals surface area contributed by atoms with Gasteiger partial charge in [0.1, 0.15) is 11.4 Å². The van der Waals surface area contributed by atoms with Crippen LogP contribution >= 0.6 is 0 Å². The summed E-state index contributed by atoms with van der Waals surface area (Å²) in [5, 5.41) is 11.2. The minimum Gasteiger partial charge on any atom is -0.512 e. The molecular weight excluding hydrogens is 470 g/mol. The van der Waals surface area contributed by atoms with E-state index in [1.165, 1.54) is 11.1 Å². The number of esters is 1. The van der Waals surface area contributed by atoms with Gasteiger partial charge in [-0.3, -0.25) is 0 Å². The first-order chi connectivity index (χ1) is 18.5. The number of aliphatic hydroxyl groups is 1. The van der Waals surface area contributed by atoms with Gasteiger partial charge in [-0.1, -0.05) is 106 Å². The highest BCUT2D eigenvalue weighted by molar-refractivity contribution is 5.92. The molecule has 0 aromatic heterocycles. The van der Waals surface area contributed by atoms with Gasteiger partial charge in [-0.15, -0.1) is 0 Å². The second kappa shape index (κ2) is 12.8. The number of carbonyl (C=O) groups excluding carboxylic acids is 1. The van der Waals surface area contributed by atoms with E-state index in [9.17, 15) is 9.90 Å². The van der Waals surface area contributed by atoms with Crippen molar-refractivity contribution in [2.45, 2.75) is 83.9 Å². The number of hydrogen-bond acceptors (Lipinski definition) is 4. The summed E-state index contributed by atoms with van der Waals surface area (Å²) in [7, 11) is 0. The van der Waals surface area contributed by atoms with Crippen LogP contribution in [0, 0.1) is 0 Å².